The van der Waals surface area contributed by atoms with E-state index in [4.69, 9.17) is 9.47 Å². The third kappa shape index (κ3) is 4.47. The Bertz CT molecular complexity index is 1110. The van der Waals surface area contributed by atoms with Crippen molar-refractivity contribution in [2.24, 2.45) is 5.92 Å². The van der Waals surface area contributed by atoms with Gasteiger partial charge in [-0.15, -0.1) is 0 Å². The van der Waals surface area contributed by atoms with Crippen LogP contribution in [0, 0.1) is 5.92 Å². The lowest BCUT2D eigenvalue weighted by atomic mass is 9.77. The third-order valence-corrected chi connectivity index (χ3v) is 7.33. The molecule has 2 aromatic carbocycles. The second-order valence-corrected chi connectivity index (χ2v) is 9.44. The van der Waals surface area contributed by atoms with Crippen LogP contribution in [-0.2, 0) is 21.4 Å². The SMILES string of the molecule is COc1ccc(C2(C(=O)N3CCOCC(Cc4ccc5ncccc5c4)C3)CCCC2)cc1. The predicted molar refractivity (Wildman–Crippen MR) is 129 cm³/mol. The number of carbonyl (C=O) groups is 1. The van der Waals surface area contributed by atoms with E-state index in [1.807, 2.05) is 24.4 Å². The minimum atomic E-state index is -0.421. The fourth-order valence-electron chi connectivity index (χ4n) is 5.59. The summed E-state index contributed by atoms with van der Waals surface area (Å²) in [5.74, 6) is 1.37. The van der Waals surface area contributed by atoms with Crippen LogP contribution in [0.15, 0.2) is 60.8 Å². The summed E-state index contributed by atoms with van der Waals surface area (Å²) in [7, 11) is 1.68. The van der Waals surface area contributed by atoms with Gasteiger partial charge in [-0.2, -0.15) is 0 Å². The van der Waals surface area contributed by atoms with E-state index in [1.165, 1.54) is 5.56 Å². The Morgan fingerprint density at radius 1 is 1.15 bits per heavy atom. The molecule has 3 aromatic rings. The molecule has 2 aliphatic rings. The number of ether oxygens (including phenoxy) is 2. The topological polar surface area (TPSA) is 51.7 Å². The van der Waals surface area contributed by atoms with Gasteiger partial charge in [0.05, 0.1) is 31.3 Å². The van der Waals surface area contributed by atoms with Gasteiger partial charge in [0.2, 0.25) is 5.91 Å². The summed E-state index contributed by atoms with van der Waals surface area (Å²) in [6.45, 7) is 2.68. The number of nitrogens with zero attached hydrogens (tertiary/aromatic N) is 2. The molecule has 5 heteroatoms. The summed E-state index contributed by atoms with van der Waals surface area (Å²) in [5.41, 5.74) is 2.98. The molecule has 0 N–H and O–H groups in total. The van der Waals surface area contributed by atoms with Crippen LogP contribution in [0.4, 0.5) is 0 Å². The molecule has 1 amide bonds. The molecule has 2 heterocycles. The Labute approximate surface area is 195 Å². The highest BCUT2D eigenvalue weighted by Crippen LogP contribution is 2.43. The van der Waals surface area contributed by atoms with Crippen molar-refractivity contribution in [3.8, 4) is 5.75 Å². The molecule has 5 rings (SSSR count). The second kappa shape index (κ2) is 9.52. The molecular weight excluding hydrogens is 412 g/mol. The molecular formula is C28H32N2O3. The van der Waals surface area contributed by atoms with Gasteiger partial charge in [-0.05, 0) is 60.7 Å². The Morgan fingerprint density at radius 2 is 1.97 bits per heavy atom. The molecule has 0 spiro atoms. The zero-order chi connectivity index (χ0) is 22.7. The number of pyridine rings is 1. The van der Waals surface area contributed by atoms with Crippen LogP contribution in [-0.4, -0.2) is 49.2 Å². The van der Waals surface area contributed by atoms with Crippen LogP contribution in [0.2, 0.25) is 0 Å². The Morgan fingerprint density at radius 3 is 2.76 bits per heavy atom. The van der Waals surface area contributed by atoms with Crippen LogP contribution >= 0.6 is 0 Å². The lowest BCUT2D eigenvalue weighted by molar-refractivity contribution is -0.137. The van der Waals surface area contributed by atoms with Crippen LogP contribution in [0.25, 0.3) is 10.9 Å². The molecule has 1 saturated heterocycles. The molecule has 1 atom stereocenters. The van der Waals surface area contributed by atoms with Gasteiger partial charge < -0.3 is 14.4 Å². The predicted octanol–water partition coefficient (Wildman–Crippen LogP) is 4.77. The van der Waals surface area contributed by atoms with Crippen molar-refractivity contribution in [1.29, 1.82) is 0 Å². The highest BCUT2D eigenvalue weighted by Gasteiger charge is 2.45. The lowest BCUT2D eigenvalue weighted by Gasteiger charge is -2.35. The Hall–Kier alpha value is -2.92. The molecule has 1 aliphatic carbocycles. The van der Waals surface area contributed by atoms with Crippen molar-refractivity contribution in [2.75, 3.05) is 33.4 Å². The highest BCUT2D eigenvalue weighted by atomic mass is 16.5. The molecule has 2 fully saturated rings. The van der Waals surface area contributed by atoms with Gasteiger partial charge in [-0.1, -0.05) is 37.1 Å². The van der Waals surface area contributed by atoms with E-state index in [2.05, 4.69) is 46.3 Å². The third-order valence-electron chi connectivity index (χ3n) is 7.33. The van der Waals surface area contributed by atoms with E-state index in [-0.39, 0.29) is 11.8 Å². The van der Waals surface area contributed by atoms with E-state index in [1.54, 1.807) is 7.11 Å². The molecule has 1 unspecified atom stereocenters. The average Bonchev–Trinajstić information content (AvgIpc) is 3.25. The molecule has 33 heavy (non-hydrogen) atoms. The van der Waals surface area contributed by atoms with Crippen LogP contribution in [0.1, 0.15) is 36.8 Å². The summed E-state index contributed by atoms with van der Waals surface area (Å²) < 4.78 is 11.3. The number of amides is 1. The molecule has 0 radical (unpaired) electrons. The molecule has 5 nitrogen and oxygen atoms in total. The number of hydrogen-bond acceptors (Lipinski definition) is 4. The van der Waals surface area contributed by atoms with Crippen molar-refractivity contribution in [3.63, 3.8) is 0 Å². The summed E-state index contributed by atoms with van der Waals surface area (Å²) in [6.07, 6.45) is 6.74. The number of benzene rings is 2. The van der Waals surface area contributed by atoms with E-state index >= 15 is 0 Å². The number of hydrogen-bond donors (Lipinski definition) is 0. The second-order valence-electron chi connectivity index (χ2n) is 9.44. The zero-order valence-corrected chi connectivity index (χ0v) is 19.3. The van der Waals surface area contributed by atoms with Crippen LogP contribution < -0.4 is 4.74 Å². The largest absolute Gasteiger partial charge is 0.497 e. The average molecular weight is 445 g/mol. The smallest absolute Gasteiger partial charge is 0.233 e. The number of carbonyl (C=O) groups excluding carboxylic acids is 1. The van der Waals surface area contributed by atoms with E-state index in [9.17, 15) is 4.79 Å². The first-order chi connectivity index (χ1) is 16.2. The number of methoxy groups -OCH3 is 1. The van der Waals surface area contributed by atoms with Crippen molar-refractivity contribution in [2.45, 2.75) is 37.5 Å². The first-order valence-corrected chi connectivity index (χ1v) is 12.0. The monoisotopic (exact) mass is 444 g/mol. The summed E-state index contributed by atoms with van der Waals surface area (Å²) in [5, 5.41) is 1.15. The van der Waals surface area contributed by atoms with Crippen molar-refractivity contribution >= 4 is 16.8 Å². The number of aromatic nitrogens is 1. The summed E-state index contributed by atoms with van der Waals surface area (Å²) in [6, 6.07) is 18.6. The van der Waals surface area contributed by atoms with Crippen LogP contribution in [0.5, 0.6) is 5.75 Å². The maximum atomic E-state index is 14.0. The Balaban J connectivity index is 1.36. The first kappa shape index (κ1) is 21.9. The van der Waals surface area contributed by atoms with E-state index < -0.39 is 5.41 Å². The maximum absolute atomic E-state index is 14.0. The van der Waals surface area contributed by atoms with Gasteiger partial charge in [0.25, 0.3) is 0 Å². The van der Waals surface area contributed by atoms with Gasteiger partial charge in [-0.3, -0.25) is 9.78 Å². The van der Waals surface area contributed by atoms with Gasteiger partial charge in [0.1, 0.15) is 5.75 Å². The van der Waals surface area contributed by atoms with Gasteiger partial charge in [0.15, 0.2) is 0 Å². The van der Waals surface area contributed by atoms with E-state index in [0.717, 1.165) is 60.9 Å². The lowest BCUT2D eigenvalue weighted by Crippen LogP contribution is -2.47. The fourth-order valence-corrected chi connectivity index (χ4v) is 5.59. The zero-order valence-electron chi connectivity index (χ0n) is 19.3. The minimum absolute atomic E-state index is 0.267. The minimum Gasteiger partial charge on any atom is -0.497 e. The quantitative estimate of drug-likeness (QED) is 0.569. The maximum Gasteiger partial charge on any atom is 0.233 e. The molecule has 0 bridgehead atoms. The van der Waals surface area contributed by atoms with Crippen LogP contribution in [0.3, 0.4) is 0 Å². The molecule has 1 aromatic heterocycles. The first-order valence-electron chi connectivity index (χ1n) is 12.0. The van der Waals surface area contributed by atoms with Gasteiger partial charge in [-0.25, -0.2) is 0 Å². The van der Waals surface area contributed by atoms with Crippen molar-refractivity contribution in [1.82, 2.24) is 9.88 Å². The van der Waals surface area contributed by atoms with E-state index in [0.29, 0.717) is 19.8 Å². The van der Waals surface area contributed by atoms with Gasteiger partial charge in [0, 0.05) is 30.6 Å². The number of rotatable bonds is 5. The van der Waals surface area contributed by atoms with Crippen molar-refractivity contribution in [3.05, 3.63) is 71.9 Å². The van der Waals surface area contributed by atoms with Gasteiger partial charge >= 0.3 is 0 Å². The number of fused-ring (bicyclic) bond motifs is 1. The Kier molecular flexibility index (Phi) is 6.32. The summed E-state index contributed by atoms with van der Waals surface area (Å²) >= 11 is 0. The fraction of sp³-hybridized carbons (Fsp3) is 0.429. The normalized spacial score (nSPS) is 20.5. The van der Waals surface area contributed by atoms with Crippen molar-refractivity contribution < 1.29 is 14.3 Å². The molecule has 1 aliphatic heterocycles. The molecule has 172 valence electrons. The standard InChI is InChI=1S/C28H32N2O3/c1-32-25-9-7-24(8-10-25)28(12-2-3-13-28)27(31)30-15-16-33-20-22(19-30)17-21-6-11-26-23(18-21)5-4-14-29-26/h4-11,14,18,22H,2-3,12-13,15-17,19-20H2,1H3. The summed E-state index contributed by atoms with van der Waals surface area (Å²) in [4.78, 5) is 20.5. The highest BCUT2D eigenvalue weighted by molar-refractivity contribution is 5.89. The molecule has 1 saturated carbocycles.